The standard InChI is InChI=1S/C20H16INO5/c1-12-13-6-3-5-9-17(13)27-19(12)16(23)11-26-18(24)10-22-20(25)14-7-2-4-8-15(14)21/h2-9H,10-11H2,1H3,(H,22,25). The third-order valence-electron chi connectivity index (χ3n) is 3.97. The highest BCUT2D eigenvalue weighted by Gasteiger charge is 2.19. The quantitative estimate of drug-likeness (QED) is 0.334. The Morgan fingerprint density at radius 1 is 1.07 bits per heavy atom. The van der Waals surface area contributed by atoms with E-state index in [1.165, 1.54) is 0 Å². The second kappa shape index (κ2) is 8.34. The lowest BCUT2D eigenvalue weighted by atomic mass is 10.1. The normalized spacial score (nSPS) is 10.6. The third kappa shape index (κ3) is 4.36. The van der Waals surface area contributed by atoms with E-state index in [0.717, 1.165) is 8.96 Å². The van der Waals surface area contributed by atoms with E-state index in [2.05, 4.69) is 5.32 Å². The molecule has 7 heteroatoms. The molecule has 0 saturated carbocycles. The molecular weight excluding hydrogens is 461 g/mol. The van der Waals surface area contributed by atoms with E-state index in [-0.39, 0.29) is 18.2 Å². The maximum Gasteiger partial charge on any atom is 0.325 e. The molecule has 27 heavy (non-hydrogen) atoms. The second-order valence-electron chi connectivity index (χ2n) is 5.80. The Balaban J connectivity index is 1.54. The van der Waals surface area contributed by atoms with E-state index in [0.29, 0.717) is 16.7 Å². The number of esters is 1. The fraction of sp³-hybridized carbons (Fsp3) is 0.150. The van der Waals surface area contributed by atoms with Crippen LogP contribution in [0, 0.1) is 10.5 Å². The molecule has 1 aromatic heterocycles. The third-order valence-corrected chi connectivity index (χ3v) is 4.91. The second-order valence-corrected chi connectivity index (χ2v) is 6.96. The number of ether oxygens (including phenoxy) is 1. The maximum absolute atomic E-state index is 12.3. The van der Waals surface area contributed by atoms with Crippen LogP contribution >= 0.6 is 22.6 Å². The van der Waals surface area contributed by atoms with Gasteiger partial charge in [-0.25, -0.2) is 0 Å². The van der Waals surface area contributed by atoms with Crippen molar-refractivity contribution in [1.29, 1.82) is 0 Å². The van der Waals surface area contributed by atoms with Gasteiger partial charge in [0.2, 0.25) is 5.78 Å². The number of carbonyl (C=O) groups excluding carboxylic acids is 3. The van der Waals surface area contributed by atoms with Gasteiger partial charge in [-0.2, -0.15) is 0 Å². The van der Waals surface area contributed by atoms with Crippen molar-refractivity contribution in [3.05, 3.63) is 69.0 Å². The van der Waals surface area contributed by atoms with E-state index >= 15 is 0 Å². The van der Waals surface area contributed by atoms with Gasteiger partial charge < -0.3 is 14.5 Å². The molecule has 138 valence electrons. The molecule has 6 nitrogen and oxygen atoms in total. The number of aryl methyl sites for hydroxylation is 1. The predicted octanol–water partition coefficient (Wildman–Crippen LogP) is 3.50. The number of para-hydroxylation sites is 1. The van der Waals surface area contributed by atoms with Gasteiger partial charge >= 0.3 is 5.97 Å². The SMILES string of the molecule is Cc1c(C(=O)COC(=O)CNC(=O)c2ccccc2I)oc2ccccc12. The number of nitrogens with one attached hydrogen (secondary N) is 1. The van der Waals surface area contributed by atoms with Crippen LogP contribution in [0.5, 0.6) is 0 Å². The van der Waals surface area contributed by atoms with Gasteiger partial charge in [0.15, 0.2) is 12.4 Å². The van der Waals surface area contributed by atoms with Gasteiger partial charge in [0.05, 0.1) is 5.56 Å². The van der Waals surface area contributed by atoms with Crippen molar-refractivity contribution in [1.82, 2.24) is 5.32 Å². The Bertz CT molecular complexity index is 1020. The van der Waals surface area contributed by atoms with Crippen molar-refractivity contribution in [2.75, 3.05) is 13.2 Å². The number of rotatable bonds is 6. The minimum atomic E-state index is -0.698. The Morgan fingerprint density at radius 3 is 2.52 bits per heavy atom. The first-order valence-electron chi connectivity index (χ1n) is 8.17. The van der Waals surface area contributed by atoms with Gasteiger partial charge in [0.1, 0.15) is 12.1 Å². The summed E-state index contributed by atoms with van der Waals surface area (Å²) < 4.78 is 11.3. The fourth-order valence-corrected chi connectivity index (χ4v) is 3.23. The zero-order valence-corrected chi connectivity index (χ0v) is 16.6. The summed E-state index contributed by atoms with van der Waals surface area (Å²) in [5, 5.41) is 3.33. The van der Waals surface area contributed by atoms with Crippen LogP contribution in [0.3, 0.4) is 0 Å². The number of furan rings is 1. The lowest BCUT2D eigenvalue weighted by Gasteiger charge is -2.07. The average molecular weight is 477 g/mol. The van der Waals surface area contributed by atoms with E-state index in [1.54, 1.807) is 31.2 Å². The molecule has 1 N–H and O–H groups in total. The summed E-state index contributed by atoms with van der Waals surface area (Å²) in [6.45, 7) is 1.01. The summed E-state index contributed by atoms with van der Waals surface area (Å²) in [5.74, 6) is -1.33. The van der Waals surface area contributed by atoms with Crippen molar-refractivity contribution in [2.24, 2.45) is 0 Å². The molecule has 0 atom stereocenters. The highest BCUT2D eigenvalue weighted by atomic mass is 127. The number of benzene rings is 2. The van der Waals surface area contributed by atoms with Crippen molar-refractivity contribution >= 4 is 51.2 Å². The van der Waals surface area contributed by atoms with Crippen LogP contribution < -0.4 is 5.32 Å². The number of amides is 1. The largest absolute Gasteiger partial charge is 0.456 e. The zero-order chi connectivity index (χ0) is 19.4. The molecule has 0 aliphatic rings. The molecule has 3 aromatic rings. The summed E-state index contributed by atoms with van der Waals surface area (Å²) in [6.07, 6.45) is 0. The Labute approximate surface area is 169 Å². The summed E-state index contributed by atoms with van der Waals surface area (Å²) in [6, 6.07) is 14.3. The summed E-state index contributed by atoms with van der Waals surface area (Å²) in [5.41, 5.74) is 1.79. The molecule has 0 fully saturated rings. The Kier molecular flexibility index (Phi) is 5.90. The molecule has 0 saturated heterocycles. The number of carbonyl (C=O) groups is 3. The van der Waals surface area contributed by atoms with Gasteiger partial charge in [0.25, 0.3) is 5.91 Å². The fourth-order valence-electron chi connectivity index (χ4n) is 2.60. The van der Waals surface area contributed by atoms with Gasteiger partial charge in [-0.15, -0.1) is 0 Å². The van der Waals surface area contributed by atoms with Crippen molar-refractivity contribution < 1.29 is 23.5 Å². The van der Waals surface area contributed by atoms with Crippen molar-refractivity contribution in [3.8, 4) is 0 Å². The number of halogens is 1. The average Bonchev–Trinajstić information content (AvgIpc) is 3.01. The van der Waals surface area contributed by atoms with Crippen molar-refractivity contribution in [3.63, 3.8) is 0 Å². The predicted molar refractivity (Wildman–Crippen MR) is 108 cm³/mol. The first-order valence-corrected chi connectivity index (χ1v) is 9.25. The minimum absolute atomic E-state index is 0.173. The molecule has 3 rings (SSSR count). The summed E-state index contributed by atoms with van der Waals surface area (Å²) in [7, 11) is 0. The van der Waals surface area contributed by atoms with Gasteiger partial charge in [-0.05, 0) is 47.7 Å². The van der Waals surface area contributed by atoms with E-state index in [9.17, 15) is 14.4 Å². The first kappa shape index (κ1) is 19.1. The highest BCUT2D eigenvalue weighted by molar-refractivity contribution is 14.1. The minimum Gasteiger partial charge on any atom is -0.456 e. The van der Waals surface area contributed by atoms with E-state index in [4.69, 9.17) is 9.15 Å². The van der Waals surface area contributed by atoms with Crippen LogP contribution in [0.4, 0.5) is 0 Å². The maximum atomic E-state index is 12.3. The number of ketones is 1. The molecular formula is C20H16INO5. The Morgan fingerprint density at radius 2 is 1.78 bits per heavy atom. The van der Waals surface area contributed by atoms with E-state index < -0.39 is 18.4 Å². The summed E-state index contributed by atoms with van der Waals surface area (Å²) in [4.78, 5) is 36.2. The monoisotopic (exact) mass is 477 g/mol. The van der Waals surface area contributed by atoms with Crippen LogP contribution in [0.1, 0.15) is 26.5 Å². The number of hydrogen-bond donors (Lipinski definition) is 1. The summed E-state index contributed by atoms with van der Waals surface area (Å²) >= 11 is 2.04. The lowest BCUT2D eigenvalue weighted by Crippen LogP contribution is -2.32. The van der Waals surface area contributed by atoms with Crippen LogP contribution in [-0.2, 0) is 9.53 Å². The van der Waals surface area contributed by atoms with Gasteiger partial charge in [-0.3, -0.25) is 14.4 Å². The molecule has 0 unspecified atom stereocenters. The van der Waals surface area contributed by atoms with Crippen molar-refractivity contribution in [2.45, 2.75) is 6.92 Å². The van der Waals surface area contributed by atoms with Crippen LogP contribution in [0.15, 0.2) is 52.9 Å². The molecule has 2 aromatic carbocycles. The lowest BCUT2D eigenvalue weighted by molar-refractivity contribution is -0.141. The van der Waals surface area contributed by atoms with Gasteiger partial charge in [0, 0.05) is 14.5 Å². The number of hydrogen-bond acceptors (Lipinski definition) is 5. The Hall–Kier alpha value is -2.68. The van der Waals surface area contributed by atoms with Gasteiger partial charge in [-0.1, -0.05) is 30.3 Å². The number of Topliss-reactive ketones (excluding diaryl/α,β-unsaturated/α-hetero) is 1. The topological polar surface area (TPSA) is 85.6 Å². The zero-order valence-electron chi connectivity index (χ0n) is 14.5. The molecule has 0 radical (unpaired) electrons. The number of fused-ring (bicyclic) bond motifs is 1. The van der Waals surface area contributed by atoms with Crippen LogP contribution in [-0.4, -0.2) is 30.8 Å². The molecule has 0 aliphatic heterocycles. The van der Waals surface area contributed by atoms with Crippen LogP contribution in [0.2, 0.25) is 0 Å². The molecule has 1 amide bonds. The molecule has 0 spiro atoms. The molecule has 1 heterocycles. The highest BCUT2D eigenvalue weighted by Crippen LogP contribution is 2.25. The molecule has 0 bridgehead atoms. The van der Waals surface area contributed by atoms with E-state index in [1.807, 2.05) is 46.9 Å². The first-order chi connectivity index (χ1) is 13.0. The smallest absolute Gasteiger partial charge is 0.325 e. The molecule has 0 aliphatic carbocycles. The van der Waals surface area contributed by atoms with Crippen LogP contribution in [0.25, 0.3) is 11.0 Å².